The van der Waals surface area contributed by atoms with Gasteiger partial charge in [-0.25, -0.2) is 4.79 Å². The number of hydrogen-bond acceptors (Lipinski definition) is 3. The fourth-order valence-corrected chi connectivity index (χ4v) is 3.26. The third-order valence-electron chi connectivity index (χ3n) is 4.62. The van der Waals surface area contributed by atoms with Crippen LogP contribution in [0.2, 0.25) is 0 Å². The summed E-state index contributed by atoms with van der Waals surface area (Å²) in [6.45, 7) is 1.76. The van der Waals surface area contributed by atoms with E-state index in [1.807, 2.05) is 48.5 Å². The van der Waals surface area contributed by atoms with Gasteiger partial charge in [-0.1, -0.05) is 54.6 Å². The molecule has 24 heavy (non-hydrogen) atoms. The molecular formula is C20H23NO3. The summed E-state index contributed by atoms with van der Waals surface area (Å²) in [7, 11) is 0. The number of aliphatic hydroxyl groups excluding tert-OH is 1. The van der Waals surface area contributed by atoms with Crippen molar-refractivity contribution < 1.29 is 14.6 Å². The Balaban J connectivity index is 1.52. The van der Waals surface area contributed by atoms with Gasteiger partial charge in [-0.2, -0.15) is 0 Å². The summed E-state index contributed by atoms with van der Waals surface area (Å²) in [5.74, 6) is 0.395. The van der Waals surface area contributed by atoms with E-state index >= 15 is 0 Å². The van der Waals surface area contributed by atoms with Crippen LogP contribution >= 0.6 is 0 Å². The lowest BCUT2D eigenvalue weighted by Crippen LogP contribution is -2.38. The molecule has 0 aliphatic carbocycles. The van der Waals surface area contributed by atoms with Crippen LogP contribution in [0.3, 0.4) is 0 Å². The predicted octanol–water partition coefficient (Wildman–Crippen LogP) is 3.70. The molecular weight excluding hydrogens is 302 g/mol. The van der Waals surface area contributed by atoms with Gasteiger partial charge in [0.25, 0.3) is 0 Å². The predicted molar refractivity (Wildman–Crippen MR) is 92.5 cm³/mol. The number of likely N-dealkylation sites (tertiary alicyclic amines) is 1. The number of piperidine rings is 1. The number of amides is 1. The molecule has 2 aromatic carbocycles. The zero-order valence-electron chi connectivity index (χ0n) is 13.7. The van der Waals surface area contributed by atoms with Crippen molar-refractivity contribution in [3.63, 3.8) is 0 Å². The maximum Gasteiger partial charge on any atom is 0.410 e. The van der Waals surface area contributed by atoms with Crippen molar-refractivity contribution in [2.45, 2.75) is 32.0 Å². The van der Waals surface area contributed by atoms with E-state index in [9.17, 15) is 9.90 Å². The second kappa shape index (κ2) is 7.97. The number of benzene rings is 2. The van der Waals surface area contributed by atoms with E-state index in [1.165, 1.54) is 5.56 Å². The van der Waals surface area contributed by atoms with Crippen molar-refractivity contribution in [1.82, 2.24) is 4.90 Å². The maximum atomic E-state index is 12.2. The highest BCUT2D eigenvalue weighted by molar-refractivity contribution is 5.67. The van der Waals surface area contributed by atoms with Gasteiger partial charge in [0.2, 0.25) is 0 Å². The molecule has 0 atom stereocenters. The number of aliphatic hydroxyl groups is 1. The molecule has 1 aliphatic heterocycles. The molecule has 1 heterocycles. The van der Waals surface area contributed by atoms with Gasteiger partial charge < -0.3 is 14.7 Å². The largest absolute Gasteiger partial charge is 0.445 e. The first-order valence-electron chi connectivity index (χ1n) is 8.42. The van der Waals surface area contributed by atoms with Crippen LogP contribution in [-0.4, -0.2) is 29.2 Å². The lowest BCUT2D eigenvalue weighted by molar-refractivity contribution is 0.0869. The molecule has 1 amide bonds. The molecule has 126 valence electrons. The van der Waals surface area contributed by atoms with Crippen LogP contribution in [0.1, 0.15) is 35.4 Å². The number of ether oxygens (including phenoxy) is 1. The minimum absolute atomic E-state index is 0.0650. The standard InChI is InChI=1S/C20H23NO3/c22-14-18-8-4-5-9-19(18)17-10-12-21(13-11-17)20(23)24-15-16-6-2-1-3-7-16/h1-9,17,22H,10-15H2. The summed E-state index contributed by atoms with van der Waals surface area (Å²) in [4.78, 5) is 14.0. The lowest BCUT2D eigenvalue weighted by atomic mass is 9.87. The average molecular weight is 325 g/mol. The average Bonchev–Trinajstić information content (AvgIpc) is 2.67. The van der Waals surface area contributed by atoms with E-state index in [2.05, 4.69) is 6.07 Å². The Bertz CT molecular complexity index is 664. The molecule has 4 nitrogen and oxygen atoms in total. The van der Waals surface area contributed by atoms with E-state index in [0.29, 0.717) is 25.6 Å². The van der Waals surface area contributed by atoms with Crippen molar-refractivity contribution in [3.05, 3.63) is 71.3 Å². The first-order chi connectivity index (χ1) is 11.8. The molecule has 1 aliphatic rings. The first kappa shape index (κ1) is 16.5. The quantitative estimate of drug-likeness (QED) is 0.932. The van der Waals surface area contributed by atoms with E-state index in [1.54, 1.807) is 4.90 Å². The number of rotatable bonds is 4. The summed E-state index contributed by atoms with van der Waals surface area (Å²) in [6, 6.07) is 17.7. The Labute approximate surface area is 142 Å². The minimum Gasteiger partial charge on any atom is -0.445 e. The van der Waals surface area contributed by atoms with Gasteiger partial charge in [-0.15, -0.1) is 0 Å². The molecule has 3 rings (SSSR count). The van der Waals surface area contributed by atoms with E-state index in [-0.39, 0.29) is 12.7 Å². The maximum absolute atomic E-state index is 12.2. The molecule has 0 aromatic heterocycles. The molecule has 0 unspecified atom stereocenters. The van der Waals surface area contributed by atoms with Crippen LogP contribution < -0.4 is 0 Å². The molecule has 0 saturated carbocycles. The Morgan fingerprint density at radius 1 is 1.04 bits per heavy atom. The van der Waals surface area contributed by atoms with Crippen LogP contribution in [0.5, 0.6) is 0 Å². The van der Waals surface area contributed by atoms with Crippen molar-refractivity contribution in [2.24, 2.45) is 0 Å². The molecule has 1 fully saturated rings. The van der Waals surface area contributed by atoms with Crippen molar-refractivity contribution in [1.29, 1.82) is 0 Å². The van der Waals surface area contributed by atoms with Gasteiger partial charge in [-0.3, -0.25) is 0 Å². The summed E-state index contributed by atoms with van der Waals surface area (Å²) >= 11 is 0. The molecule has 1 N–H and O–H groups in total. The molecule has 2 aromatic rings. The normalized spacial score (nSPS) is 15.3. The van der Waals surface area contributed by atoms with Crippen LogP contribution in [0.4, 0.5) is 4.79 Å². The zero-order chi connectivity index (χ0) is 16.8. The minimum atomic E-state index is -0.243. The fourth-order valence-electron chi connectivity index (χ4n) is 3.26. The van der Waals surface area contributed by atoms with Gasteiger partial charge >= 0.3 is 6.09 Å². The van der Waals surface area contributed by atoms with Crippen molar-refractivity contribution in [2.75, 3.05) is 13.1 Å². The topological polar surface area (TPSA) is 49.8 Å². The smallest absolute Gasteiger partial charge is 0.410 e. The summed E-state index contributed by atoms with van der Waals surface area (Å²) < 4.78 is 5.40. The van der Waals surface area contributed by atoms with E-state index < -0.39 is 0 Å². The number of hydrogen-bond donors (Lipinski definition) is 1. The number of carbonyl (C=O) groups excluding carboxylic acids is 1. The second-order valence-electron chi connectivity index (χ2n) is 6.16. The van der Waals surface area contributed by atoms with Gasteiger partial charge in [0.1, 0.15) is 6.61 Å². The SMILES string of the molecule is O=C(OCc1ccccc1)N1CCC(c2ccccc2CO)CC1. The molecule has 1 saturated heterocycles. The number of carbonyl (C=O) groups is 1. The van der Waals surface area contributed by atoms with Crippen LogP contribution in [0.15, 0.2) is 54.6 Å². The Morgan fingerprint density at radius 2 is 1.71 bits per heavy atom. The van der Waals surface area contributed by atoms with Crippen LogP contribution in [-0.2, 0) is 18.0 Å². The van der Waals surface area contributed by atoms with Gasteiger partial charge in [0, 0.05) is 13.1 Å². The van der Waals surface area contributed by atoms with E-state index in [0.717, 1.165) is 24.0 Å². The highest BCUT2D eigenvalue weighted by Gasteiger charge is 2.25. The highest BCUT2D eigenvalue weighted by Crippen LogP contribution is 2.30. The van der Waals surface area contributed by atoms with Crippen molar-refractivity contribution >= 4 is 6.09 Å². The monoisotopic (exact) mass is 325 g/mol. The Kier molecular flexibility index (Phi) is 5.49. The Morgan fingerprint density at radius 3 is 2.42 bits per heavy atom. The highest BCUT2D eigenvalue weighted by atomic mass is 16.6. The van der Waals surface area contributed by atoms with Gasteiger partial charge in [-0.05, 0) is 35.4 Å². The molecule has 0 radical (unpaired) electrons. The molecule has 0 bridgehead atoms. The third-order valence-corrected chi connectivity index (χ3v) is 4.62. The van der Waals surface area contributed by atoms with Crippen LogP contribution in [0.25, 0.3) is 0 Å². The third kappa shape index (κ3) is 3.95. The Hall–Kier alpha value is -2.33. The second-order valence-corrected chi connectivity index (χ2v) is 6.16. The first-order valence-corrected chi connectivity index (χ1v) is 8.42. The summed E-state index contributed by atoms with van der Waals surface area (Å²) in [6.07, 6.45) is 1.56. The lowest BCUT2D eigenvalue weighted by Gasteiger charge is -2.32. The molecule has 0 spiro atoms. The molecule has 4 heteroatoms. The van der Waals surface area contributed by atoms with Gasteiger partial charge in [0.15, 0.2) is 0 Å². The number of nitrogens with zero attached hydrogens (tertiary/aromatic N) is 1. The van der Waals surface area contributed by atoms with Crippen LogP contribution in [0, 0.1) is 0 Å². The zero-order valence-corrected chi connectivity index (χ0v) is 13.7. The summed E-state index contributed by atoms with van der Waals surface area (Å²) in [5, 5.41) is 9.48. The van der Waals surface area contributed by atoms with Crippen molar-refractivity contribution in [3.8, 4) is 0 Å². The van der Waals surface area contributed by atoms with Gasteiger partial charge in [0.05, 0.1) is 6.61 Å². The summed E-state index contributed by atoms with van der Waals surface area (Å²) in [5.41, 5.74) is 3.19. The van der Waals surface area contributed by atoms with E-state index in [4.69, 9.17) is 4.74 Å². The fraction of sp³-hybridized carbons (Fsp3) is 0.350.